The molecule has 14 heavy (non-hydrogen) atoms. The molecular formula is C11H20N2O. The van der Waals surface area contributed by atoms with Gasteiger partial charge in [0.25, 0.3) is 0 Å². The zero-order valence-corrected chi connectivity index (χ0v) is 8.80. The number of hydrogen-bond donors (Lipinski definition) is 1. The number of carbonyl (C=O) groups is 1. The Morgan fingerprint density at radius 2 is 2.07 bits per heavy atom. The lowest BCUT2D eigenvalue weighted by atomic mass is 10.0. The van der Waals surface area contributed by atoms with Gasteiger partial charge in [0.1, 0.15) is 0 Å². The topological polar surface area (TPSA) is 32.3 Å². The second-order valence-electron chi connectivity index (χ2n) is 4.42. The summed E-state index contributed by atoms with van der Waals surface area (Å²) in [5.74, 6) is 0.377. The third kappa shape index (κ3) is 2.47. The van der Waals surface area contributed by atoms with Crippen LogP contribution < -0.4 is 5.32 Å². The first-order valence-corrected chi connectivity index (χ1v) is 5.87. The van der Waals surface area contributed by atoms with Crippen molar-refractivity contribution in [3.63, 3.8) is 0 Å². The zero-order valence-electron chi connectivity index (χ0n) is 8.80. The summed E-state index contributed by atoms with van der Waals surface area (Å²) in [7, 11) is 0. The summed E-state index contributed by atoms with van der Waals surface area (Å²) in [4.78, 5) is 13.7. The molecule has 1 N–H and O–H groups in total. The van der Waals surface area contributed by atoms with Gasteiger partial charge in [-0.1, -0.05) is 0 Å². The van der Waals surface area contributed by atoms with Crippen molar-refractivity contribution in [3.8, 4) is 0 Å². The maximum atomic E-state index is 11.6. The Labute approximate surface area is 85.8 Å². The van der Waals surface area contributed by atoms with E-state index < -0.39 is 0 Å². The summed E-state index contributed by atoms with van der Waals surface area (Å²) in [6.45, 7) is 3.17. The lowest BCUT2D eigenvalue weighted by Gasteiger charge is -2.27. The SMILES string of the molecule is O=C(CCCC1CCN1)N1CCCC1. The van der Waals surface area contributed by atoms with Crippen molar-refractivity contribution in [2.45, 2.75) is 44.6 Å². The predicted octanol–water partition coefficient (Wildman–Crippen LogP) is 1.14. The Morgan fingerprint density at radius 3 is 2.64 bits per heavy atom. The summed E-state index contributed by atoms with van der Waals surface area (Å²) in [5.41, 5.74) is 0. The smallest absolute Gasteiger partial charge is 0.222 e. The lowest BCUT2D eigenvalue weighted by Crippen LogP contribution is -2.42. The van der Waals surface area contributed by atoms with Gasteiger partial charge in [0.15, 0.2) is 0 Å². The van der Waals surface area contributed by atoms with Crippen LogP contribution in [0.25, 0.3) is 0 Å². The van der Waals surface area contributed by atoms with Gasteiger partial charge in [-0.3, -0.25) is 4.79 Å². The second kappa shape index (κ2) is 4.78. The number of nitrogens with zero attached hydrogens (tertiary/aromatic N) is 1. The van der Waals surface area contributed by atoms with Gasteiger partial charge >= 0.3 is 0 Å². The zero-order chi connectivity index (χ0) is 9.80. The maximum absolute atomic E-state index is 11.6. The molecule has 0 spiro atoms. The van der Waals surface area contributed by atoms with E-state index in [9.17, 15) is 4.79 Å². The molecular weight excluding hydrogens is 176 g/mol. The van der Waals surface area contributed by atoms with E-state index in [0.717, 1.165) is 25.9 Å². The Bertz CT molecular complexity index is 195. The Morgan fingerprint density at radius 1 is 1.36 bits per heavy atom. The van der Waals surface area contributed by atoms with E-state index in [2.05, 4.69) is 5.32 Å². The molecule has 0 aromatic heterocycles. The highest BCUT2D eigenvalue weighted by molar-refractivity contribution is 5.76. The molecule has 0 saturated carbocycles. The van der Waals surface area contributed by atoms with Gasteiger partial charge in [-0.25, -0.2) is 0 Å². The van der Waals surface area contributed by atoms with E-state index in [1.165, 1.54) is 32.2 Å². The summed E-state index contributed by atoms with van der Waals surface area (Å²) in [6.07, 6.45) is 6.72. The highest BCUT2D eigenvalue weighted by Crippen LogP contribution is 2.14. The minimum absolute atomic E-state index is 0.377. The molecule has 0 aromatic carbocycles. The molecule has 0 aliphatic carbocycles. The molecule has 3 nitrogen and oxygen atoms in total. The molecule has 3 heteroatoms. The largest absolute Gasteiger partial charge is 0.343 e. The molecule has 1 atom stereocenters. The molecule has 1 amide bonds. The highest BCUT2D eigenvalue weighted by Gasteiger charge is 2.19. The van der Waals surface area contributed by atoms with Crippen LogP contribution in [0.1, 0.15) is 38.5 Å². The fourth-order valence-corrected chi connectivity index (χ4v) is 2.22. The molecule has 2 aliphatic rings. The van der Waals surface area contributed by atoms with Gasteiger partial charge in [-0.2, -0.15) is 0 Å². The third-order valence-corrected chi connectivity index (χ3v) is 3.33. The summed E-state index contributed by atoms with van der Waals surface area (Å²) >= 11 is 0. The quantitative estimate of drug-likeness (QED) is 0.731. The van der Waals surface area contributed by atoms with Crippen molar-refractivity contribution in [2.75, 3.05) is 19.6 Å². The van der Waals surface area contributed by atoms with Gasteiger partial charge in [0.05, 0.1) is 0 Å². The van der Waals surface area contributed by atoms with E-state index in [4.69, 9.17) is 0 Å². The van der Waals surface area contributed by atoms with Gasteiger partial charge in [0.2, 0.25) is 5.91 Å². The number of rotatable bonds is 4. The number of nitrogens with one attached hydrogen (secondary N) is 1. The fourth-order valence-electron chi connectivity index (χ4n) is 2.22. The Kier molecular flexibility index (Phi) is 3.40. The first kappa shape index (κ1) is 9.97. The second-order valence-corrected chi connectivity index (χ2v) is 4.42. The Balaban J connectivity index is 1.57. The highest BCUT2D eigenvalue weighted by atomic mass is 16.2. The van der Waals surface area contributed by atoms with Crippen LogP contribution in [-0.4, -0.2) is 36.5 Å². The molecule has 0 aromatic rings. The van der Waals surface area contributed by atoms with Crippen molar-refractivity contribution < 1.29 is 4.79 Å². The molecule has 0 radical (unpaired) electrons. The normalized spacial score (nSPS) is 26.3. The van der Waals surface area contributed by atoms with Crippen molar-refractivity contribution >= 4 is 5.91 Å². The van der Waals surface area contributed by atoms with Crippen LogP contribution in [0, 0.1) is 0 Å². The molecule has 80 valence electrons. The number of likely N-dealkylation sites (tertiary alicyclic amines) is 1. The maximum Gasteiger partial charge on any atom is 0.222 e. The minimum Gasteiger partial charge on any atom is -0.343 e. The molecule has 2 heterocycles. The van der Waals surface area contributed by atoms with E-state index in [0.29, 0.717) is 11.9 Å². The van der Waals surface area contributed by atoms with E-state index >= 15 is 0 Å². The standard InChI is InChI=1S/C11H20N2O/c14-11(13-8-1-2-9-13)5-3-4-10-6-7-12-10/h10,12H,1-9H2. The van der Waals surface area contributed by atoms with Crippen LogP contribution in [0.4, 0.5) is 0 Å². The van der Waals surface area contributed by atoms with Crippen LogP contribution in [0.5, 0.6) is 0 Å². The first-order valence-electron chi connectivity index (χ1n) is 5.87. The molecule has 0 bridgehead atoms. The van der Waals surface area contributed by atoms with E-state index in [-0.39, 0.29) is 0 Å². The van der Waals surface area contributed by atoms with Crippen LogP contribution in [0.3, 0.4) is 0 Å². The monoisotopic (exact) mass is 196 g/mol. The fraction of sp³-hybridized carbons (Fsp3) is 0.909. The van der Waals surface area contributed by atoms with E-state index in [1.807, 2.05) is 4.90 Å². The third-order valence-electron chi connectivity index (χ3n) is 3.33. The van der Waals surface area contributed by atoms with Gasteiger partial charge in [0, 0.05) is 25.6 Å². The van der Waals surface area contributed by atoms with Crippen LogP contribution in [0.15, 0.2) is 0 Å². The lowest BCUT2D eigenvalue weighted by molar-refractivity contribution is -0.130. The summed E-state index contributed by atoms with van der Waals surface area (Å²) < 4.78 is 0. The van der Waals surface area contributed by atoms with Crippen LogP contribution in [-0.2, 0) is 4.79 Å². The van der Waals surface area contributed by atoms with Crippen LogP contribution in [0.2, 0.25) is 0 Å². The summed E-state index contributed by atoms with van der Waals surface area (Å²) in [6, 6.07) is 0.710. The first-order chi connectivity index (χ1) is 6.86. The average molecular weight is 196 g/mol. The molecule has 2 fully saturated rings. The molecule has 2 aliphatic heterocycles. The molecule has 1 unspecified atom stereocenters. The predicted molar refractivity (Wildman–Crippen MR) is 56.1 cm³/mol. The number of hydrogen-bond acceptors (Lipinski definition) is 2. The van der Waals surface area contributed by atoms with Crippen molar-refractivity contribution in [3.05, 3.63) is 0 Å². The van der Waals surface area contributed by atoms with Crippen molar-refractivity contribution in [1.82, 2.24) is 10.2 Å². The van der Waals surface area contributed by atoms with Crippen molar-refractivity contribution in [2.24, 2.45) is 0 Å². The Hall–Kier alpha value is -0.570. The van der Waals surface area contributed by atoms with Gasteiger partial charge in [-0.15, -0.1) is 0 Å². The van der Waals surface area contributed by atoms with Crippen molar-refractivity contribution in [1.29, 1.82) is 0 Å². The number of carbonyl (C=O) groups excluding carboxylic acids is 1. The summed E-state index contributed by atoms with van der Waals surface area (Å²) in [5, 5.41) is 3.36. The van der Waals surface area contributed by atoms with Gasteiger partial charge < -0.3 is 10.2 Å². The average Bonchev–Trinajstić information content (AvgIpc) is 2.61. The number of amides is 1. The van der Waals surface area contributed by atoms with Gasteiger partial charge in [-0.05, 0) is 38.6 Å². The minimum atomic E-state index is 0.377. The van der Waals surface area contributed by atoms with E-state index in [1.54, 1.807) is 0 Å². The van der Waals surface area contributed by atoms with Crippen LogP contribution >= 0.6 is 0 Å². The molecule has 2 saturated heterocycles. The molecule has 2 rings (SSSR count).